The number of aryl methyl sites for hydroxylation is 1. The highest BCUT2D eigenvalue weighted by Crippen LogP contribution is 2.36. The van der Waals surface area contributed by atoms with Gasteiger partial charge in [-0.3, -0.25) is 0 Å². The molecule has 1 aromatic carbocycles. The number of ether oxygens (including phenoxy) is 1. The lowest BCUT2D eigenvalue weighted by Gasteiger charge is -2.38. The Labute approximate surface area is 118 Å². The number of fused-ring (bicyclic) bond motifs is 1. The lowest BCUT2D eigenvalue weighted by molar-refractivity contribution is 0.197. The lowest BCUT2D eigenvalue weighted by Crippen LogP contribution is -2.39. The molecule has 1 atom stereocenters. The highest BCUT2D eigenvalue weighted by atomic mass is 16.5. The molecule has 6 nitrogen and oxygen atoms in total. The van der Waals surface area contributed by atoms with Gasteiger partial charge in [-0.25, -0.2) is 4.68 Å². The molecule has 2 N–H and O–H groups in total. The fourth-order valence-corrected chi connectivity index (χ4v) is 2.77. The van der Waals surface area contributed by atoms with Crippen LogP contribution in [0.2, 0.25) is 0 Å². The lowest BCUT2D eigenvalue weighted by atomic mass is 9.99. The maximum absolute atomic E-state index is 5.94. The Hall–Kier alpha value is -2.08. The second kappa shape index (κ2) is 5.50. The van der Waals surface area contributed by atoms with Crippen LogP contribution in [-0.4, -0.2) is 35.3 Å². The maximum atomic E-state index is 5.94. The molecule has 2 aromatic rings. The molecule has 1 aliphatic rings. The summed E-state index contributed by atoms with van der Waals surface area (Å²) in [4.78, 5) is 2.30. The first kappa shape index (κ1) is 12.9. The van der Waals surface area contributed by atoms with Crippen molar-refractivity contribution in [2.24, 2.45) is 0 Å². The van der Waals surface area contributed by atoms with E-state index >= 15 is 0 Å². The summed E-state index contributed by atoms with van der Waals surface area (Å²) in [6.07, 6.45) is 5.81. The third kappa shape index (κ3) is 2.34. The van der Waals surface area contributed by atoms with Crippen molar-refractivity contribution in [2.45, 2.75) is 19.0 Å². The first-order valence-corrected chi connectivity index (χ1v) is 6.79. The van der Waals surface area contributed by atoms with E-state index in [1.165, 1.54) is 11.3 Å². The fourth-order valence-electron chi connectivity index (χ4n) is 2.77. The van der Waals surface area contributed by atoms with Crippen LogP contribution in [0.3, 0.4) is 0 Å². The van der Waals surface area contributed by atoms with Gasteiger partial charge in [0.25, 0.3) is 0 Å². The molecule has 1 aliphatic heterocycles. The van der Waals surface area contributed by atoms with Crippen molar-refractivity contribution in [1.82, 2.24) is 15.0 Å². The van der Waals surface area contributed by atoms with E-state index in [1.807, 2.05) is 23.0 Å². The predicted molar refractivity (Wildman–Crippen MR) is 77.5 cm³/mol. The van der Waals surface area contributed by atoms with Gasteiger partial charge < -0.3 is 15.4 Å². The van der Waals surface area contributed by atoms with Crippen LogP contribution in [0.5, 0.6) is 0 Å². The van der Waals surface area contributed by atoms with Crippen LogP contribution in [-0.2, 0) is 11.2 Å². The highest BCUT2D eigenvalue weighted by Gasteiger charge is 2.27. The number of anilines is 2. The number of nitrogens with two attached hydrogens (primary N) is 1. The number of methoxy groups -OCH3 is 1. The molecule has 1 unspecified atom stereocenters. The van der Waals surface area contributed by atoms with E-state index < -0.39 is 0 Å². The largest absolute Gasteiger partial charge is 0.399 e. The van der Waals surface area contributed by atoms with Crippen molar-refractivity contribution in [3.63, 3.8) is 0 Å². The number of nitrogens with zero attached hydrogens (tertiary/aromatic N) is 4. The standard InChI is InChI=1S/C14H19N5O/c1-20-9-8-18-13-10-12(15)4-2-11(13)3-5-14(18)19-7-6-16-17-19/h2,4,6-7,10,14H,3,5,8-9,15H2,1H3. The quantitative estimate of drug-likeness (QED) is 0.854. The molecule has 0 saturated heterocycles. The SMILES string of the molecule is COCCN1c2cc(N)ccc2CCC1n1ccnn1. The normalized spacial score (nSPS) is 18.1. The van der Waals surface area contributed by atoms with E-state index in [9.17, 15) is 0 Å². The van der Waals surface area contributed by atoms with E-state index in [2.05, 4.69) is 21.3 Å². The molecule has 0 spiro atoms. The molecule has 3 rings (SSSR count). The predicted octanol–water partition coefficient (Wildman–Crippen LogP) is 1.46. The molecule has 106 valence electrons. The molecule has 6 heteroatoms. The molecule has 2 heterocycles. The second-order valence-corrected chi connectivity index (χ2v) is 4.98. The zero-order chi connectivity index (χ0) is 13.9. The third-order valence-electron chi connectivity index (χ3n) is 3.73. The summed E-state index contributed by atoms with van der Waals surface area (Å²) in [5.74, 6) is 0. The van der Waals surface area contributed by atoms with E-state index in [4.69, 9.17) is 10.5 Å². The van der Waals surface area contributed by atoms with Gasteiger partial charge in [-0.05, 0) is 30.5 Å². The Kier molecular flexibility index (Phi) is 3.56. The number of nitrogen functional groups attached to an aromatic ring is 1. The van der Waals surface area contributed by atoms with Crippen molar-refractivity contribution < 1.29 is 4.74 Å². The molecule has 20 heavy (non-hydrogen) atoms. The number of rotatable bonds is 4. The van der Waals surface area contributed by atoms with Crippen LogP contribution in [0.1, 0.15) is 18.2 Å². The summed E-state index contributed by atoms with van der Waals surface area (Å²) >= 11 is 0. The Morgan fingerprint density at radius 1 is 1.45 bits per heavy atom. The smallest absolute Gasteiger partial charge is 0.125 e. The molecule has 0 radical (unpaired) electrons. The number of aromatic nitrogens is 3. The van der Waals surface area contributed by atoms with Gasteiger partial charge in [-0.15, -0.1) is 5.10 Å². The highest BCUT2D eigenvalue weighted by molar-refractivity contribution is 5.62. The number of hydrogen-bond donors (Lipinski definition) is 1. The summed E-state index contributed by atoms with van der Waals surface area (Å²) < 4.78 is 7.14. The first-order valence-electron chi connectivity index (χ1n) is 6.79. The van der Waals surface area contributed by atoms with E-state index in [0.29, 0.717) is 6.61 Å². The van der Waals surface area contributed by atoms with Crippen LogP contribution >= 0.6 is 0 Å². The Bertz CT molecular complexity index is 569. The van der Waals surface area contributed by atoms with E-state index in [0.717, 1.165) is 25.1 Å². The summed E-state index contributed by atoms with van der Waals surface area (Å²) in [5, 5.41) is 8.06. The maximum Gasteiger partial charge on any atom is 0.125 e. The molecule has 0 fully saturated rings. The van der Waals surface area contributed by atoms with E-state index in [1.54, 1.807) is 13.3 Å². The van der Waals surface area contributed by atoms with Gasteiger partial charge in [0, 0.05) is 31.2 Å². The van der Waals surface area contributed by atoms with Gasteiger partial charge in [0.05, 0.1) is 12.8 Å². The van der Waals surface area contributed by atoms with Gasteiger partial charge in [0.2, 0.25) is 0 Å². The zero-order valence-electron chi connectivity index (χ0n) is 11.6. The Balaban J connectivity index is 1.97. The van der Waals surface area contributed by atoms with Crippen LogP contribution in [0.15, 0.2) is 30.6 Å². The number of hydrogen-bond acceptors (Lipinski definition) is 5. The zero-order valence-corrected chi connectivity index (χ0v) is 11.6. The molecule has 0 bridgehead atoms. The monoisotopic (exact) mass is 273 g/mol. The summed E-state index contributed by atoms with van der Waals surface area (Å²) in [7, 11) is 1.72. The van der Waals surface area contributed by atoms with Crippen molar-refractivity contribution in [3.8, 4) is 0 Å². The Morgan fingerprint density at radius 2 is 2.35 bits per heavy atom. The minimum atomic E-state index is 0.168. The molecule has 1 aromatic heterocycles. The first-order chi connectivity index (χ1) is 9.79. The van der Waals surface area contributed by atoms with Gasteiger partial charge in [0.1, 0.15) is 6.17 Å². The van der Waals surface area contributed by atoms with Crippen LogP contribution in [0, 0.1) is 0 Å². The molecule has 0 aliphatic carbocycles. The third-order valence-corrected chi connectivity index (χ3v) is 3.73. The van der Waals surface area contributed by atoms with E-state index in [-0.39, 0.29) is 6.17 Å². The Morgan fingerprint density at radius 3 is 3.10 bits per heavy atom. The van der Waals surface area contributed by atoms with Crippen molar-refractivity contribution in [2.75, 3.05) is 30.9 Å². The fraction of sp³-hybridized carbons (Fsp3) is 0.429. The van der Waals surface area contributed by atoms with Gasteiger partial charge in [0.15, 0.2) is 0 Å². The van der Waals surface area contributed by atoms with Gasteiger partial charge >= 0.3 is 0 Å². The molecule has 0 saturated carbocycles. The van der Waals surface area contributed by atoms with Crippen molar-refractivity contribution >= 4 is 11.4 Å². The molecule has 0 amide bonds. The minimum absolute atomic E-state index is 0.168. The van der Waals surface area contributed by atoms with Crippen molar-refractivity contribution in [3.05, 3.63) is 36.2 Å². The van der Waals surface area contributed by atoms with Crippen molar-refractivity contribution in [1.29, 1.82) is 0 Å². The van der Waals surface area contributed by atoms with Crippen LogP contribution < -0.4 is 10.6 Å². The average Bonchev–Trinajstić information content (AvgIpc) is 2.98. The topological polar surface area (TPSA) is 69.2 Å². The van der Waals surface area contributed by atoms with Crippen LogP contribution in [0.25, 0.3) is 0 Å². The summed E-state index contributed by atoms with van der Waals surface area (Å²) in [6.45, 7) is 1.47. The molecular formula is C14H19N5O. The van der Waals surface area contributed by atoms with Crippen LogP contribution in [0.4, 0.5) is 11.4 Å². The average molecular weight is 273 g/mol. The molecular weight excluding hydrogens is 254 g/mol. The van der Waals surface area contributed by atoms with Gasteiger partial charge in [-0.2, -0.15) is 0 Å². The second-order valence-electron chi connectivity index (χ2n) is 4.98. The van der Waals surface area contributed by atoms with Gasteiger partial charge in [-0.1, -0.05) is 11.3 Å². The summed E-state index contributed by atoms with van der Waals surface area (Å²) in [6, 6.07) is 6.11. The number of benzene rings is 1. The summed E-state index contributed by atoms with van der Waals surface area (Å²) in [5.41, 5.74) is 9.23. The minimum Gasteiger partial charge on any atom is -0.399 e.